The van der Waals surface area contributed by atoms with Gasteiger partial charge in [-0.2, -0.15) is 0 Å². The number of pyridine rings is 2. The highest BCUT2D eigenvalue weighted by Gasteiger charge is 2.25. The van der Waals surface area contributed by atoms with Crippen LogP contribution in [0.15, 0.2) is 43.0 Å². The van der Waals surface area contributed by atoms with Gasteiger partial charge in [0.15, 0.2) is 0 Å². The Morgan fingerprint density at radius 2 is 1.96 bits per heavy atom. The number of halogens is 1. The lowest BCUT2D eigenvalue weighted by Crippen LogP contribution is -2.37. The van der Waals surface area contributed by atoms with Crippen molar-refractivity contribution in [1.82, 2.24) is 24.8 Å². The molecule has 0 aromatic carbocycles. The average molecular weight is 379 g/mol. The maximum Gasteiger partial charge on any atom is 0.142 e. The SMILES string of the molecule is O=C(Cc1cc2nc(-c3cnccn3)ccc2cn1)C1CCN(CCF)CC1. The van der Waals surface area contributed by atoms with Crippen LogP contribution in [0.3, 0.4) is 0 Å². The summed E-state index contributed by atoms with van der Waals surface area (Å²) in [6.45, 7) is 1.71. The molecule has 0 radical (unpaired) electrons. The molecule has 144 valence electrons. The number of likely N-dealkylation sites (tertiary alicyclic amines) is 1. The molecule has 0 unspecified atom stereocenters. The number of carbonyl (C=O) groups excluding carboxylic acids is 1. The summed E-state index contributed by atoms with van der Waals surface area (Å²) in [6, 6.07) is 5.72. The summed E-state index contributed by atoms with van der Waals surface area (Å²) in [5.41, 5.74) is 2.97. The van der Waals surface area contributed by atoms with E-state index in [0.29, 0.717) is 18.7 Å². The quantitative estimate of drug-likeness (QED) is 0.656. The van der Waals surface area contributed by atoms with Crippen LogP contribution in [0.5, 0.6) is 0 Å². The second-order valence-electron chi connectivity index (χ2n) is 7.10. The highest BCUT2D eigenvalue weighted by atomic mass is 19.1. The standard InChI is InChI=1S/C21H22FN5O/c22-5-10-27-8-3-15(4-9-27)21(28)12-17-11-19-16(13-25-17)1-2-18(26-19)20-14-23-6-7-24-20/h1-2,6-7,11,13-15H,3-5,8-10,12H2. The summed E-state index contributed by atoms with van der Waals surface area (Å²) in [6.07, 6.45) is 8.59. The minimum atomic E-state index is -0.330. The van der Waals surface area contributed by atoms with Gasteiger partial charge in [0.2, 0.25) is 0 Å². The molecule has 6 nitrogen and oxygen atoms in total. The molecule has 0 saturated carbocycles. The maximum absolute atomic E-state index is 12.7. The first kappa shape index (κ1) is 18.6. The Balaban J connectivity index is 1.47. The zero-order chi connectivity index (χ0) is 19.3. The van der Waals surface area contributed by atoms with E-state index >= 15 is 0 Å². The fourth-order valence-electron chi connectivity index (χ4n) is 3.65. The van der Waals surface area contributed by atoms with E-state index in [9.17, 15) is 9.18 Å². The zero-order valence-corrected chi connectivity index (χ0v) is 15.6. The molecule has 0 atom stereocenters. The minimum absolute atomic E-state index is 0.0345. The third-order valence-electron chi connectivity index (χ3n) is 5.25. The zero-order valence-electron chi connectivity index (χ0n) is 15.6. The molecule has 0 spiro atoms. The lowest BCUT2D eigenvalue weighted by Gasteiger charge is -2.30. The number of ketones is 1. The molecular formula is C21H22FN5O. The van der Waals surface area contributed by atoms with Crippen LogP contribution >= 0.6 is 0 Å². The first-order chi connectivity index (χ1) is 13.7. The predicted octanol–water partition coefficient (Wildman–Crippen LogP) is 2.88. The van der Waals surface area contributed by atoms with Crippen LogP contribution in [-0.2, 0) is 11.2 Å². The van der Waals surface area contributed by atoms with Crippen molar-refractivity contribution in [3.63, 3.8) is 0 Å². The highest BCUT2D eigenvalue weighted by Crippen LogP contribution is 2.22. The van der Waals surface area contributed by atoms with Gasteiger partial charge in [-0.1, -0.05) is 0 Å². The molecule has 1 aliphatic heterocycles. The second-order valence-corrected chi connectivity index (χ2v) is 7.10. The topological polar surface area (TPSA) is 71.9 Å². The molecule has 4 rings (SSSR count). The van der Waals surface area contributed by atoms with E-state index in [1.54, 1.807) is 24.8 Å². The van der Waals surface area contributed by atoms with Gasteiger partial charge in [0.1, 0.15) is 18.2 Å². The lowest BCUT2D eigenvalue weighted by atomic mass is 9.90. The number of nitrogens with zero attached hydrogens (tertiary/aromatic N) is 5. The molecule has 1 saturated heterocycles. The van der Waals surface area contributed by atoms with Crippen LogP contribution in [0, 0.1) is 5.92 Å². The third kappa shape index (κ3) is 4.20. The molecule has 0 N–H and O–H groups in total. The normalized spacial score (nSPS) is 15.8. The van der Waals surface area contributed by atoms with Gasteiger partial charge < -0.3 is 4.90 Å². The van der Waals surface area contributed by atoms with Crippen LogP contribution in [0.1, 0.15) is 18.5 Å². The number of rotatable bonds is 6. The van der Waals surface area contributed by atoms with Crippen molar-refractivity contribution in [2.24, 2.45) is 5.92 Å². The minimum Gasteiger partial charge on any atom is -0.301 e. The molecule has 3 aromatic heterocycles. The Morgan fingerprint density at radius 3 is 2.71 bits per heavy atom. The van der Waals surface area contributed by atoms with Gasteiger partial charge in [0.05, 0.1) is 17.4 Å². The fraction of sp³-hybridized carbons (Fsp3) is 0.381. The van der Waals surface area contributed by atoms with E-state index in [-0.39, 0.29) is 18.4 Å². The monoisotopic (exact) mass is 379 g/mol. The summed E-state index contributed by atoms with van der Waals surface area (Å²) < 4.78 is 12.5. The summed E-state index contributed by atoms with van der Waals surface area (Å²) in [4.78, 5) is 32.2. The van der Waals surface area contributed by atoms with Gasteiger partial charge in [-0.3, -0.25) is 19.7 Å². The predicted molar refractivity (Wildman–Crippen MR) is 104 cm³/mol. The van der Waals surface area contributed by atoms with Crippen molar-refractivity contribution < 1.29 is 9.18 Å². The summed E-state index contributed by atoms with van der Waals surface area (Å²) in [7, 11) is 0. The summed E-state index contributed by atoms with van der Waals surface area (Å²) >= 11 is 0. The van der Waals surface area contributed by atoms with Crippen LogP contribution in [0.2, 0.25) is 0 Å². The van der Waals surface area contributed by atoms with Crippen molar-refractivity contribution >= 4 is 16.7 Å². The van der Waals surface area contributed by atoms with Gasteiger partial charge in [-0.05, 0) is 44.1 Å². The number of aromatic nitrogens is 4. The number of piperidine rings is 1. The van der Waals surface area contributed by atoms with Crippen molar-refractivity contribution in [2.45, 2.75) is 19.3 Å². The fourth-order valence-corrected chi connectivity index (χ4v) is 3.65. The average Bonchev–Trinajstić information content (AvgIpc) is 2.74. The van der Waals surface area contributed by atoms with E-state index in [1.807, 2.05) is 18.2 Å². The van der Waals surface area contributed by atoms with E-state index in [4.69, 9.17) is 0 Å². The van der Waals surface area contributed by atoms with E-state index in [1.165, 1.54) is 0 Å². The smallest absolute Gasteiger partial charge is 0.142 e. The Morgan fingerprint density at radius 1 is 1.11 bits per heavy atom. The number of carbonyl (C=O) groups is 1. The number of hydrogen-bond acceptors (Lipinski definition) is 6. The number of Topliss-reactive ketones (excluding diaryl/α,β-unsaturated/α-hetero) is 1. The van der Waals surface area contributed by atoms with E-state index < -0.39 is 0 Å². The Hall–Kier alpha value is -2.80. The van der Waals surface area contributed by atoms with Crippen molar-refractivity contribution in [3.05, 3.63) is 48.7 Å². The Labute approximate surface area is 162 Å². The molecular weight excluding hydrogens is 357 g/mol. The Kier molecular flexibility index (Phi) is 5.62. The molecule has 3 aromatic rings. The van der Waals surface area contributed by atoms with Crippen LogP contribution in [0.4, 0.5) is 4.39 Å². The van der Waals surface area contributed by atoms with Gasteiger partial charge in [-0.15, -0.1) is 0 Å². The lowest BCUT2D eigenvalue weighted by molar-refractivity contribution is -0.123. The van der Waals surface area contributed by atoms with Crippen molar-refractivity contribution in [3.8, 4) is 11.4 Å². The van der Waals surface area contributed by atoms with Gasteiger partial charge in [-0.25, -0.2) is 9.37 Å². The van der Waals surface area contributed by atoms with Crippen molar-refractivity contribution in [1.29, 1.82) is 0 Å². The van der Waals surface area contributed by atoms with Crippen LogP contribution < -0.4 is 0 Å². The van der Waals surface area contributed by atoms with Crippen molar-refractivity contribution in [2.75, 3.05) is 26.3 Å². The third-order valence-corrected chi connectivity index (χ3v) is 5.25. The molecule has 0 bridgehead atoms. The summed E-state index contributed by atoms with van der Waals surface area (Å²) in [5.74, 6) is 0.240. The highest BCUT2D eigenvalue weighted by molar-refractivity contribution is 5.85. The van der Waals surface area contributed by atoms with Crippen LogP contribution in [-0.4, -0.2) is 56.9 Å². The number of alkyl halides is 1. The first-order valence-corrected chi connectivity index (χ1v) is 9.56. The molecule has 4 heterocycles. The van der Waals surface area contributed by atoms with E-state index in [2.05, 4.69) is 24.8 Å². The van der Waals surface area contributed by atoms with Gasteiger partial charge in [0, 0.05) is 48.6 Å². The largest absolute Gasteiger partial charge is 0.301 e. The first-order valence-electron chi connectivity index (χ1n) is 9.56. The van der Waals surface area contributed by atoms with E-state index in [0.717, 1.165) is 48.2 Å². The van der Waals surface area contributed by atoms with Crippen LogP contribution in [0.25, 0.3) is 22.3 Å². The molecule has 1 fully saturated rings. The Bertz CT molecular complexity index is 957. The summed E-state index contributed by atoms with van der Waals surface area (Å²) in [5, 5.41) is 0.920. The molecule has 28 heavy (non-hydrogen) atoms. The van der Waals surface area contributed by atoms with Gasteiger partial charge in [0.25, 0.3) is 0 Å². The molecule has 7 heteroatoms. The van der Waals surface area contributed by atoms with Gasteiger partial charge >= 0.3 is 0 Å². The second kappa shape index (κ2) is 8.48. The maximum atomic E-state index is 12.7. The number of fused-ring (bicyclic) bond motifs is 1. The molecule has 0 amide bonds. The number of hydrogen-bond donors (Lipinski definition) is 0. The molecule has 0 aliphatic carbocycles. The molecule has 1 aliphatic rings.